The highest BCUT2D eigenvalue weighted by Crippen LogP contribution is 2.33. The maximum absolute atomic E-state index is 13.0. The van der Waals surface area contributed by atoms with Crippen molar-refractivity contribution in [3.63, 3.8) is 0 Å². The second kappa shape index (κ2) is 5.81. The molecule has 1 aromatic heterocycles. The van der Waals surface area contributed by atoms with Crippen LogP contribution < -0.4 is 4.74 Å². The number of rotatable bonds is 2. The number of ether oxygens (including phenoxy) is 1. The van der Waals surface area contributed by atoms with Gasteiger partial charge in [0.15, 0.2) is 5.56 Å². The number of hydrogen-bond donors (Lipinski definition) is 1. The number of methoxy groups -OCH3 is 1. The molecular formula is C17H11FO4S. The molecule has 23 heavy (non-hydrogen) atoms. The van der Waals surface area contributed by atoms with E-state index < -0.39 is 16.5 Å². The van der Waals surface area contributed by atoms with E-state index in [0.717, 1.165) is 29.6 Å². The van der Waals surface area contributed by atoms with Gasteiger partial charge in [-0.1, -0.05) is 29.5 Å². The maximum Gasteiger partial charge on any atom is 0.346 e. The van der Waals surface area contributed by atoms with E-state index in [9.17, 15) is 19.1 Å². The van der Waals surface area contributed by atoms with Gasteiger partial charge in [0, 0.05) is 10.1 Å². The Morgan fingerprint density at radius 2 is 1.78 bits per heavy atom. The standard InChI is InChI=1S/C17H11FO4S/c1-22-16(20)14-15(19)12-8-10(4-7-13(12)23-17(14)21)9-2-5-11(18)6-3-9/h2-8,19H,1H3. The van der Waals surface area contributed by atoms with E-state index in [-0.39, 0.29) is 11.4 Å². The zero-order valence-corrected chi connectivity index (χ0v) is 12.8. The molecule has 3 rings (SSSR count). The van der Waals surface area contributed by atoms with Crippen LogP contribution in [0.1, 0.15) is 10.4 Å². The Bertz CT molecular complexity index is 961. The van der Waals surface area contributed by atoms with Crippen LogP contribution in [0.5, 0.6) is 5.75 Å². The van der Waals surface area contributed by atoms with Gasteiger partial charge in [-0.15, -0.1) is 0 Å². The molecule has 0 saturated heterocycles. The lowest BCUT2D eigenvalue weighted by Crippen LogP contribution is -2.13. The number of hydrogen-bond acceptors (Lipinski definition) is 5. The first-order chi connectivity index (χ1) is 11.0. The molecule has 0 aliphatic heterocycles. The second-order valence-electron chi connectivity index (χ2n) is 4.82. The summed E-state index contributed by atoms with van der Waals surface area (Å²) in [7, 11) is 1.14. The van der Waals surface area contributed by atoms with Crippen molar-refractivity contribution < 1.29 is 19.0 Å². The number of benzene rings is 2. The van der Waals surface area contributed by atoms with E-state index >= 15 is 0 Å². The van der Waals surface area contributed by atoms with Crippen LogP contribution in [0.25, 0.3) is 21.2 Å². The molecule has 0 atom stereocenters. The third-order valence-electron chi connectivity index (χ3n) is 3.45. The Morgan fingerprint density at radius 1 is 1.13 bits per heavy atom. The van der Waals surface area contributed by atoms with E-state index in [1.54, 1.807) is 30.3 Å². The lowest BCUT2D eigenvalue weighted by Gasteiger charge is -2.07. The Balaban J connectivity index is 2.24. The predicted molar refractivity (Wildman–Crippen MR) is 86.5 cm³/mol. The third kappa shape index (κ3) is 2.68. The average molecular weight is 330 g/mol. The van der Waals surface area contributed by atoms with E-state index in [1.165, 1.54) is 12.1 Å². The molecule has 0 spiro atoms. The highest BCUT2D eigenvalue weighted by molar-refractivity contribution is 7.16. The molecule has 0 unspecified atom stereocenters. The van der Waals surface area contributed by atoms with Gasteiger partial charge in [-0.05, 0) is 35.4 Å². The quantitative estimate of drug-likeness (QED) is 0.730. The fraction of sp³-hybridized carbons (Fsp3) is 0.0588. The first-order valence-corrected chi connectivity index (χ1v) is 7.47. The van der Waals surface area contributed by atoms with Crippen LogP contribution in [-0.2, 0) is 4.74 Å². The lowest BCUT2D eigenvalue weighted by atomic mass is 10.0. The van der Waals surface area contributed by atoms with Crippen LogP contribution in [0.3, 0.4) is 0 Å². The largest absolute Gasteiger partial charge is 0.506 e. The minimum Gasteiger partial charge on any atom is -0.506 e. The van der Waals surface area contributed by atoms with Gasteiger partial charge in [0.2, 0.25) is 0 Å². The van der Waals surface area contributed by atoms with Crippen LogP contribution in [0.15, 0.2) is 47.3 Å². The summed E-state index contributed by atoms with van der Waals surface area (Å²) < 4.78 is 17.5. The van der Waals surface area contributed by atoms with Crippen molar-refractivity contribution in [3.05, 3.63) is 63.4 Å². The Hall–Kier alpha value is -2.73. The SMILES string of the molecule is COC(=O)c1c(O)c2cc(-c3ccc(F)cc3)ccc2sc1=O. The van der Waals surface area contributed by atoms with Gasteiger partial charge in [-0.3, -0.25) is 4.79 Å². The van der Waals surface area contributed by atoms with Gasteiger partial charge in [0.05, 0.1) is 7.11 Å². The molecular weight excluding hydrogens is 319 g/mol. The predicted octanol–water partition coefficient (Wildman–Crippen LogP) is 3.56. The molecule has 0 radical (unpaired) electrons. The number of fused-ring (bicyclic) bond motifs is 1. The average Bonchev–Trinajstić information content (AvgIpc) is 2.55. The van der Waals surface area contributed by atoms with Crippen LogP contribution in [0.4, 0.5) is 4.39 Å². The Morgan fingerprint density at radius 3 is 2.43 bits per heavy atom. The summed E-state index contributed by atoms with van der Waals surface area (Å²) in [5, 5.41) is 10.7. The molecule has 0 aliphatic carbocycles. The smallest absolute Gasteiger partial charge is 0.346 e. The number of halogens is 1. The second-order valence-corrected chi connectivity index (χ2v) is 5.84. The summed E-state index contributed by atoms with van der Waals surface area (Å²) in [6, 6.07) is 11.0. The van der Waals surface area contributed by atoms with Gasteiger partial charge < -0.3 is 9.84 Å². The molecule has 2 aromatic carbocycles. The van der Waals surface area contributed by atoms with Crippen LogP contribution in [0, 0.1) is 5.82 Å². The molecule has 0 amide bonds. The van der Waals surface area contributed by atoms with Gasteiger partial charge in [-0.2, -0.15) is 0 Å². The van der Waals surface area contributed by atoms with Gasteiger partial charge in [0.25, 0.3) is 4.74 Å². The van der Waals surface area contributed by atoms with E-state index in [4.69, 9.17) is 0 Å². The van der Waals surface area contributed by atoms with E-state index in [0.29, 0.717) is 10.1 Å². The zero-order chi connectivity index (χ0) is 16.6. The first-order valence-electron chi connectivity index (χ1n) is 6.65. The summed E-state index contributed by atoms with van der Waals surface area (Å²) in [6.45, 7) is 0. The number of aromatic hydroxyl groups is 1. The summed E-state index contributed by atoms with van der Waals surface area (Å²) in [5.41, 5.74) is 1.11. The monoisotopic (exact) mass is 330 g/mol. The highest BCUT2D eigenvalue weighted by Gasteiger charge is 2.20. The fourth-order valence-corrected chi connectivity index (χ4v) is 3.17. The Labute approximate surface area is 134 Å². The highest BCUT2D eigenvalue weighted by atomic mass is 32.1. The molecule has 116 valence electrons. The number of carbonyl (C=O) groups excluding carboxylic acids is 1. The molecule has 0 bridgehead atoms. The van der Waals surface area contributed by atoms with Crippen molar-refractivity contribution in [2.24, 2.45) is 0 Å². The van der Waals surface area contributed by atoms with Gasteiger partial charge >= 0.3 is 5.97 Å². The molecule has 0 saturated carbocycles. The van der Waals surface area contributed by atoms with Crippen LogP contribution in [-0.4, -0.2) is 18.2 Å². The van der Waals surface area contributed by atoms with Crippen molar-refractivity contribution in [3.8, 4) is 16.9 Å². The van der Waals surface area contributed by atoms with Gasteiger partial charge in [0.1, 0.15) is 11.6 Å². The number of esters is 1. The summed E-state index contributed by atoms with van der Waals surface area (Å²) in [6.07, 6.45) is 0. The lowest BCUT2D eigenvalue weighted by molar-refractivity contribution is 0.0597. The fourth-order valence-electron chi connectivity index (χ4n) is 2.29. The normalized spacial score (nSPS) is 10.7. The van der Waals surface area contributed by atoms with Crippen molar-refractivity contribution in [1.29, 1.82) is 0 Å². The molecule has 0 fully saturated rings. The van der Waals surface area contributed by atoms with E-state index in [1.807, 2.05) is 0 Å². The molecule has 4 nitrogen and oxygen atoms in total. The molecule has 6 heteroatoms. The van der Waals surface area contributed by atoms with Crippen molar-refractivity contribution in [1.82, 2.24) is 0 Å². The first kappa shape index (κ1) is 15.2. The topological polar surface area (TPSA) is 63.6 Å². The molecule has 1 N–H and O–H groups in total. The molecule has 1 heterocycles. The summed E-state index contributed by atoms with van der Waals surface area (Å²) in [5.74, 6) is -1.62. The maximum atomic E-state index is 13.0. The third-order valence-corrected chi connectivity index (χ3v) is 4.41. The summed E-state index contributed by atoms with van der Waals surface area (Å²) >= 11 is 0.856. The molecule has 3 aromatic rings. The number of carbonyl (C=O) groups is 1. The van der Waals surface area contributed by atoms with Crippen molar-refractivity contribution >= 4 is 27.4 Å². The summed E-state index contributed by atoms with van der Waals surface area (Å²) in [4.78, 5) is 23.6. The molecule has 0 aliphatic rings. The van der Waals surface area contributed by atoms with E-state index in [2.05, 4.69) is 4.74 Å². The zero-order valence-electron chi connectivity index (χ0n) is 12.0. The Kier molecular flexibility index (Phi) is 3.83. The van der Waals surface area contributed by atoms with Gasteiger partial charge in [-0.25, -0.2) is 9.18 Å². The van der Waals surface area contributed by atoms with Crippen molar-refractivity contribution in [2.45, 2.75) is 0 Å². The minimum atomic E-state index is -0.877. The van der Waals surface area contributed by atoms with Crippen LogP contribution in [0.2, 0.25) is 0 Å². The van der Waals surface area contributed by atoms with Crippen molar-refractivity contribution in [2.75, 3.05) is 7.11 Å². The minimum absolute atomic E-state index is 0.344. The van der Waals surface area contributed by atoms with Crippen LogP contribution >= 0.6 is 11.3 Å².